The maximum Gasteiger partial charge on any atom is 0.353 e. The lowest BCUT2D eigenvalue weighted by Gasteiger charge is -2.16. The van der Waals surface area contributed by atoms with Crippen molar-refractivity contribution in [1.82, 2.24) is 5.32 Å². The van der Waals surface area contributed by atoms with Gasteiger partial charge in [-0.25, -0.2) is 9.59 Å². The number of carboxylic acids is 1. The molecule has 2 N–H and O–H groups in total. The van der Waals surface area contributed by atoms with Crippen molar-refractivity contribution in [3.8, 4) is 0 Å². The number of rotatable bonds is 3. The summed E-state index contributed by atoms with van der Waals surface area (Å²) in [4.78, 5) is 25.3. The summed E-state index contributed by atoms with van der Waals surface area (Å²) in [5, 5.41) is 11.1. The SMILES string of the molecule is CCOC(=O)C1C=NC=C(C(=O)O)N1. The monoisotopic (exact) mass is 198 g/mol. The lowest BCUT2D eigenvalue weighted by Crippen LogP contribution is -2.42. The van der Waals surface area contributed by atoms with Crippen LogP contribution < -0.4 is 5.32 Å². The first-order valence-electron chi connectivity index (χ1n) is 4.05. The third-order valence-corrected chi connectivity index (χ3v) is 1.52. The van der Waals surface area contributed by atoms with Gasteiger partial charge in [0, 0.05) is 6.21 Å². The summed E-state index contributed by atoms with van der Waals surface area (Å²) < 4.78 is 4.70. The first-order valence-corrected chi connectivity index (χ1v) is 4.05. The molecule has 0 fully saturated rings. The predicted octanol–water partition coefficient (Wildman–Crippen LogP) is -0.482. The van der Waals surface area contributed by atoms with Gasteiger partial charge in [0.2, 0.25) is 0 Å². The van der Waals surface area contributed by atoms with Crippen molar-refractivity contribution in [2.24, 2.45) is 4.99 Å². The number of hydrogen-bond acceptors (Lipinski definition) is 5. The van der Waals surface area contributed by atoms with E-state index in [1.165, 1.54) is 6.21 Å². The molecule has 1 aliphatic rings. The molecule has 1 heterocycles. The molecule has 0 bridgehead atoms. The molecule has 0 saturated heterocycles. The van der Waals surface area contributed by atoms with E-state index in [1.54, 1.807) is 6.92 Å². The summed E-state index contributed by atoms with van der Waals surface area (Å²) in [6.07, 6.45) is 2.43. The highest BCUT2D eigenvalue weighted by atomic mass is 16.5. The molecule has 1 unspecified atom stereocenters. The highest BCUT2D eigenvalue weighted by molar-refractivity contribution is 5.98. The quantitative estimate of drug-likeness (QED) is 0.598. The number of aliphatic carboxylic acids is 1. The largest absolute Gasteiger partial charge is 0.477 e. The Morgan fingerprint density at radius 2 is 2.43 bits per heavy atom. The van der Waals surface area contributed by atoms with E-state index in [1.807, 2.05) is 0 Å². The fourth-order valence-electron chi connectivity index (χ4n) is 0.914. The van der Waals surface area contributed by atoms with E-state index in [2.05, 4.69) is 10.3 Å². The molecule has 76 valence electrons. The van der Waals surface area contributed by atoms with Crippen LogP contribution in [0.4, 0.5) is 0 Å². The number of esters is 1. The van der Waals surface area contributed by atoms with E-state index in [0.717, 1.165) is 6.20 Å². The molecule has 1 aliphatic heterocycles. The number of carboxylic acid groups (broad SMARTS) is 1. The van der Waals surface area contributed by atoms with Crippen LogP contribution in [0.5, 0.6) is 0 Å². The molecule has 0 amide bonds. The normalized spacial score (nSPS) is 19.5. The van der Waals surface area contributed by atoms with E-state index >= 15 is 0 Å². The fourth-order valence-corrected chi connectivity index (χ4v) is 0.914. The molecular weight excluding hydrogens is 188 g/mol. The highest BCUT2D eigenvalue weighted by Crippen LogP contribution is 2.00. The molecule has 14 heavy (non-hydrogen) atoms. The summed E-state index contributed by atoms with van der Waals surface area (Å²) >= 11 is 0. The molecule has 1 rings (SSSR count). The Morgan fingerprint density at radius 1 is 1.71 bits per heavy atom. The Bertz CT molecular complexity index is 308. The van der Waals surface area contributed by atoms with E-state index < -0.39 is 18.0 Å². The Balaban J connectivity index is 2.62. The molecule has 0 radical (unpaired) electrons. The van der Waals surface area contributed by atoms with Gasteiger partial charge in [0.15, 0.2) is 6.04 Å². The minimum absolute atomic E-state index is 0.120. The fraction of sp³-hybridized carbons (Fsp3) is 0.375. The number of carbonyl (C=O) groups excluding carboxylic acids is 1. The van der Waals surface area contributed by atoms with Crippen LogP contribution in [0.3, 0.4) is 0 Å². The number of nitrogens with zero attached hydrogens (tertiary/aromatic N) is 1. The zero-order chi connectivity index (χ0) is 10.6. The van der Waals surface area contributed by atoms with E-state index in [4.69, 9.17) is 9.84 Å². The van der Waals surface area contributed by atoms with Crippen molar-refractivity contribution in [3.63, 3.8) is 0 Å². The number of carbonyl (C=O) groups is 2. The minimum Gasteiger partial charge on any atom is -0.477 e. The van der Waals surface area contributed by atoms with Crippen LogP contribution in [-0.2, 0) is 14.3 Å². The van der Waals surface area contributed by atoms with Crippen LogP contribution in [-0.4, -0.2) is 35.9 Å². The van der Waals surface area contributed by atoms with Gasteiger partial charge in [-0.1, -0.05) is 0 Å². The maximum absolute atomic E-state index is 11.2. The van der Waals surface area contributed by atoms with Crippen LogP contribution in [0.15, 0.2) is 16.9 Å². The third kappa shape index (κ3) is 2.32. The maximum atomic E-state index is 11.2. The van der Waals surface area contributed by atoms with Crippen molar-refractivity contribution in [3.05, 3.63) is 11.9 Å². The number of nitrogens with one attached hydrogen (secondary N) is 1. The van der Waals surface area contributed by atoms with Crippen LogP contribution >= 0.6 is 0 Å². The van der Waals surface area contributed by atoms with Gasteiger partial charge >= 0.3 is 11.9 Å². The van der Waals surface area contributed by atoms with Crippen molar-refractivity contribution in [1.29, 1.82) is 0 Å². The zero-order valence-corrected chi connectivity index (χ0v) is 7.56. The Kier molecular flexibility index (Phi) is 3.22. The average Bonchev–Trinajstić information content (AvgIpc) is 2.18. The van der Waals surface area contributed by atoms with Crippen molar-refractivity contribution in [2.45, 2.75) is 13.0 Å². The standard InChI is InChI=1S/C8H10N2O4/c1-2-14-8(13)6-4-9-3-5(10-6)7(11)12/h3-4,6,10H,2H2,1H3,(H,11,12). The van der Waals surface area contributed by atoms with E-state index in [0.29, 0.717) is 0 Å². The van der Waals surface area contributed by atoms with E-state index in [9.17, 15) is 9.59 Å². The molecule has 0 aromatic rings. The van der Waals surface area contributed by atoms with Crippen LogP contribution in [0.1, 0.15) is 6.92 Å². The Morgan fingerprint density at radius 3 is 3.00 bits per heavy atom. The van der Waals surface area contributed by atoms with Crippen LogP contribution in [0.2, 0.25) is 0 Å². The summed E-state index contributed by atoms with van der Waals surface area (Å²) in [5.74, 6) is -1.70. The van der Waals surface area contributed by atoms with Gasteiger partial charge in [-0.2, -0.15) is 0 Å². The van der Waals surface area contributed by atoms with Gasteiger partial charge in [-0.15, -0.1) is 0 Å². The summed E-state index contributed by atoms with van der Waals surface area (Å²) in [6.45, 7) is 1.92. The number of aliphatic imine (C=N–C) groups is 1. The molecule has 0 saturated carbocycles. The first kappa shape index (κ1) is 10.2. The average molecular weight is 198 g/mol. The zero-order valence-electron chi connectivity index (χ0n) is 7.56. The number of ether oxygens (including phenoxy) is 1. The smallest absolute Gasteiger partial charge is 0.353 e. The molecule has 0 aliphatic carbocycles. The topological polar surface area (TPSA) is 88.0 Å². The van der Waals surface area contributed by atoms with Crippen LogP contribution in [0, 0.1) is 0 Å². The summed E-state index contributed by atoms with van der Waals surface area (Å²) in [5.41, 5.74) is -0.120. The third-order valence-electron chi connectivity index (χ3n) is 1.52. The van der Waals surface area contributed by atoms with Gasteiger partial charge in [-0.3, -0.25) is 4.99 Å². The lowest BCUT2D eigenvalue weighted by atomic mass is 10.2. The highest BCUT2D eigenvalue weighted by Gasteiger charge is 2.23. The van der Waals surface area contributed by atoms with Gasteiger partial charge in [0.1, 0.15) is 5.70 Å². The molecule has 6 heteroatoms. The van der Waals surface area contributed by atoms with Crippen LogP contribution in [0.25, 0.3) is 0 Å². The first-order chi connectivity index (χ1) is 6.65. The Labute approximate surface area is 80.3 Å². The van der Waals surface area contributed by atoms with Gasteiger partial charge in [0.25, 0.3) is 0 Å². The molecule has 1 atom stereocenters. The second kappa shape index (κ2) is 4.40. The van der Waals surface area contributed by atoms with Gasteiger partial charge < -0.3 is 15.2 Å². The van der Waals surface area contributed by atoms with Crippen molar-refractivity contribution < 1.29 is 19.4 Å². The molecular formula is C8H10N2O4. The molecule has 6 nitrogen and oxygen atoms in total. The van der Waals surface area contributed by atoms with E-state index in [-0.39, 0.29) is 12.3 Å². The van der Waals surface area contributed by atoms with Crippen molar-refractivity contribution in [2.75, 3.05) is 6.61 Å². The second-order valence-corrected chi connectivity index (χ2v) is 2.52. The van der Waals surface area contributed by atoms with Gasteiger partial charge in [0.05, 0.1) is 12.8 Å². The lowest BCUT2D eigenvalue weighted by molar-refractivity contribution is -0.143. The molecule has 0 aromatic heterocycles. The predicted molar refractivity (Wildman–Crippen MR) is 47.8 cm³/mol. The number of hydrogen-bond donors (Lipinski definition) is 2. The molecule has 0 spiro atoms. The van der Waals surface area contributed by atoms with Crippen molar-refractivity contribution >= 4 is 18.2 Å². The molecule has 0 aromatic carbocycles. The summed E-state index contributed by atoms with van der Waals surface area (Å²) in [6, 6.07) is -0.814. The minimum atomic E-state index is -1.16. The summed E-state index contributed by atoms with van der Waals surface area (Å²) in [7, 11) is 0. The Hall–Kier alpha value is -1.85. The second-order valence-electron chi connectivity index (χ2n) is 2.52. The van der Waals surface area contributed by atoms with Gasteiger partial charge in [-0.05, 0) is 6.92 Å².